The van der Waals surface area contributed by atoms with Gasteiger partial charge in [-0.2, -0.15) is 0 Å². The number of carbonyl (C=O) groups excluding carboxylic acids is 1. The zero-order valence-corrected chi connectivity index (χ0v) is 18.8. The number of hydroxylamine groups is 2. The summed E-state index contributed by atoms with van der Waals surface area (Å²) in [4.78, 5) is 16.3. The molecule has 0 heterocycles. The number of hydrogen-bond donors (Lipinski definition) is 0. The Hall–Kier alpha value is -3.83. The van der Waals surface area contributed by atoms with Crippen molar-refractivity contribution in [2.75, 3.05) is 13.6 Å². The molecule has 0 aliphatic carbocycles. The monoisotopic (exact) mass is 441 g/mol. The Morgan fingerprint density at radius 3 is 2.15 bits per heavy atom. The third-order valence-electron chi connectivity index (χ3n) is 5.22. The van der Waals surface area contributed by atoms with Gasteiger partial charge in [-0.15, -0.1) is 5.06 Å². The summed E-state index contributed by atoms with van der Waals surface area (Å²) in [7, 11) is 1.74. The molecule has 0 saturated carbocycles. The van der Waals surface area contributed by atoms with Crippen LogP contribution in [0.15, 0.2) is 97.1 Å². The van der Waals surface area contributed by atoms with Crippen LogP contribution in [0.2, 0.25) is 0 Å². The molecular weight excluding hydrogens is 414 g/mol. The molecule has 0 radical (unpaired) electrons. The average molecular weight is 442 g/mol. The molecule has 0 N–H and O–H groups in total. The number of carbonyl (C=O) groups is 1. The van der Waals surface area contributed by atoms with Crippen molar-refractivity contribution in [1.29, 1.82) is 0 Å². The average Bonchev–Trinajstić information content (AvgIpc) is 2.83. The van der Waals surface area contributed by atoms with Gasteiger partial charge < -0.3 is 14.3 Å². The first-order chi connectivity index (χ1) is 16.1. The molecule has 0 amide bonds. The summed E-state index contributed by atoms with van der Waals surface area (Å²) in [5, 5.41) is 3.85. The van der Waals surface area contributed by atoms with E-state index in [1.807, 2.05) is 78.9 Å². The zero-order valence-electron chi connectivity index (χ0n) is 18.8. The first-order valence-corrected chi connectivity index (χ1v) is 10.9. The lowest BCUT2D eigenvalue weighted by Gasteiger charge is -2.22. The highest BCUT2D eigenvalue weighted by Crippen LogP contribution is 2.29. The highest BCUT2D eigenvalue weighted by atomic mass is 16.7. The number of ether oxygens (including phenoxy) is 2. The van der Waals surface area contributed by atoms with Crippen LogP contribution in [0.3, 0.4) is 0 Å². The SMILES string of the molecule is CC(=O)ON(C)CCC(Oc1ccc(Oc2ccc3ccccc3c2)cc1)c1ccccc1. The van der Waals surface area contributed by atoms with Crippen molar-refractivity contribution in [3.8, 4) is 17.2 Å². The van der Waals surface area contributed by atoms with Gasteiger partial charge in [0.05, 0.1) is 0 Å². The van der Waals surface area contributed by atoms with E-state index in [-0.39, 0.29) is 12.1 Å². The summed E-state index contributed by atoms with van der Waals surface area (Å²) < 4.78 is 12.3. The molecule has 1 atom stereocenters. The Balaban J connectivity index is 1.43. The van der Waals surface area contributed by atoms with Crippen LogP contribution in [0.4, 0.5) is 0 Å². The molecule has 1 unspecified atom stereocenters. The van der Waals surface area contributed by atoms with Crippen LogP contribution in [0.5, 0.6) is 17.2 Å². The van der Waals surface area contributed by atoms with E-state index in [2.05, 4.69) is 18.2 Å². The zero-order chi connectivity index (χ0) is 23.0. The Morgan fingerprint density at radius 1 is 0.788 bits per heavy atom. The molecule has 33 heavy (non-hydrogen) atoms. The third-order valence-corrected chi connectivity index (χ3v) is 5.22. The van der Waals surface area contributed by atoms with Crippen LogP contribution >= 0.6 is 0 Å². The molecule has 0 fully saturated rings. The topological polar surface area (TPSA) is 48.0 Å². The van der Waals surface area contributed by atoms with Gasteiger partial charge in [0.2, 0.25) is 0 Å². The molecule has 0 spiro atoms. The second kappa shape index (κ2) is 10.7. The summed E-state index contributed by atoms with van der Waals surface area (Å²) in [5.74, 6) is 1.93. The molecule has 168 valence electrons. The van der Waals surface area contributed by atoms with Crippen molar-refractivity contribution in [2.45, 2.75) is 19.4 Å². The normalized spacial score (nSPS) is 11.8. The summed E-state index contributed by atoms with van der Waals surface area (Å²) >= 11 is 0. The highest BCUT2D eigenvalue weighted by Gasteiger charge is 2.16. The first-order valence-electron chi connectivity index (χ1n) is 10.9. The lowest BCUT2D eigenvalue weighted by Crippen LogP contribution is -2.25. The summed E-state index contributed by atoms with van der Waals surface area (Å²) in [5.41, 5.74) is 1.06. The molecule has 4 aromatic rings. The molecule has 0 saturated heterocycles. The summed E-state index contributed by atoms with van der Waals surface area (Å²) in [6.07, 6.45) is 0.472. The van der Waals surface area contributed by atoms with E-state index in [1.165, 1.54) is 17.4 Å². The minimum atomic E-state index is -0.336. The Morgan fingerprint density at radius 2 is 1.42 bits per heavy atom. The molecule has 0 aliphatic heterocycles. The van der Waals surface area contributed by atoms with Crippen LogP contribution < -0.4 is 9.47 Å². The van der Waals surface area contributed by atoms with Gasteiger partial charge in [-0.3, -0.25) is 4.79 Å². The van der Waals surface area contributed by atoms with Crippen molar-refractivity contribution in [3.05, 3.63) is 103 Å². The molecule has 0 bridgehead atoms. The third kappa shape index (κ3) is 6.34. The quantitative estimate of drug-likeness (QED) is 0.276. The predicted octanol–water partition coefficient (Wildman–Crippen LogP) is 6.55. The maximum atomic E-state index is 11.2. The Kier molecular flexibility index (Phi) is 7.22. The second-order valence-electron chi connectivity index (χ2n) is 7.82. The van der Waals surface area contributed by atoms with E-state index in [4.69, 9.17) is 14.3 Å². The van der Waals surface area contributed by atoms with Gasteiger partial charge in [0, 0.05) is 26.9 Å². The summed E-state index contributed by atoms with van der Waals surface area (Å²) in [6, 6.07) is 31.9. The first kappa shape index (κ1) is 22.4. The predicted molar refractivity (Wildman–Crippen MR) is 129 cm³/mol. The van der Waals surface area contributed by atoms with Crippen molar-refractivity contribution >= 4 is 16.7 Å². The van der Waals surface area contributed by atoms with E-state index >= 15 is 0 Å². The van der Waals surface area contributed by atoms with Gasteiger partial charge in [-0.05, 0) is 52.7 Å². The number of benzene rings is 4. The fourth-order valence-corrected chi connectivity index (χ4v) is 3.64. The number of fused-ring (bicyclic) bond motifs is 1. The largest absolute Gasteiger partial charge is 0.486 e. The number of rotatable bonds is 9. The van der Waals surface area contributed by atoms with Gasteiger partial charge in [0.1, 0.15) is 23.4 Å². The fourth-order valence-electron chi connectivity index (χ4n) is 3.64. The van der Waals surface area contributed by atoms with E-state index in [0.717, 1.165) is 28.2 Å². The number of nitrogens with zero attached hydrogens (tertiary/aromatic N) is 1. The van der Waals surface area contributed by atoms with Gasteiger partial charge in [0.25, 0.3) is 0 Å². The lowest BCUT2D eigenvalue weighted by molar-refractivity contribution is -0.182. The van der Waals surface area contributed by atoms with Crippen LogP contribution in [0, 0.1) is 0 Å². The molecule has 4 aromatic carbocycles. The fraction of sp³-hybridized carbons (Fsp3) is 0.179. The van der Waals surface area contributed by atoms with Crippen LogP contribution in [-0.4, -0.2) is 24.6 Å². The molecule has 5 heteroatoms. The van der Waals surface area contributed by atoms with Crippen LogP contribution in [0.25, 0.3) is 10.8 Å². The lowest BCUT2D eigenvalue weighted by atomic mass is 10.1. The maximum Gasteiger partial charge on any atom is 0.322 e. The molecule has 4 rings (SSSR count). The minimum absolute atomic E-state index is 0.184. The van der Waals surface area contributed by atoms with E-state index < -0.39 is 0 Å². The Labute approximate surface area is 194 Å². The minimum Gasteiger partial charge on any atom is -0.486 e. The standard InChI is InChI=1S/C28H27NO4/c1-21(30)33-29(2)19-18-28(23-9-4-3-5-10-23)32-26-16-14-25(15-17-26)31-27-13-12-22-8-6-7-11-24(22)20-27/h3-17,20,28H,18-19H2,1-2H3. The smallest absolute Gasteiger partial charge is 0.322 e. The van der Waals surface area contributed by atoms with Crippen molar-refractivity contribution in [1.82, 2.24) is 5.06 Å². The van der Waals surface area contributed by atoms with Crippen molar-refractivity contribution < 1.29 is 19.1 Å². The van der Waals surface area contributed by atoms with Crippen LogP contribution in [-0.2, 0) is 9.63 Å². The molecule has 5 nitrogen and oxygen atoms in total. The van der Waals surface area contributed by atoms with Gasteiger partial charge in [0.15, 0.2) is 0 Å². The van der Waals surface area contributed by atoms with Crippen LogP contribution in [0.1, 0.15) is 25.0 Å². The van der Waals surface area contributed by atoms with Crippen molar-refractivity contribution in [2.24, 2.45) is 0 Å². The maximum absolute atomic E-state index is 11.2. The van der Waals surface area contributed by atoms with E-state index in [0.29, 0.717) is 13.0 Å². The van der Waals surface area contributed by atoms with E-state index in [9.17, 15) is 4.79 Å². The number of hydrogen-bond acceptors (Lipinski definition) is 5. The second-order valence-corrected chi connectivity index (χ2v) is 7.82. The molecular formula is C28H27NO4. The summed E-state index contributed by atoms with van der Waals surface area (Å²) in [6.45, 7) is 1.94. The van der Waals surface area contributed by atoms with Gasteiger partial charge >= 0.3 is 5.97 Å². The van der Waals surface area contributed by atoms with E-state index in [1.54, 1.807) is 7.05 Å². The van der Waals surface area contributed by atoms with Gasteiger partial charge in [-0.25, -0.2) is 0 Å². The Bertz CT molecular complexity index is 1190. The molecule has 0 aromatic heterocycles. The highest BCUT2D eigenvalue weighted by molar-refractivity contribution is 5.83. The molecule has 0 aliphatic rings. The van der Waals surface area contributed by atoms with Gasteiger partial charge in [-0.1, -0.05) is 60.7 Å². The van der Waals surface area contributed by atoms with Crippen molar-refractivity contribution in [3.63, 3.8) is 0 Å².